The summed E-state index contributed by atoms with van der Waals surface area (Å²) < 4.78 is 20.9. The normalized spacial score (nSPS) is 12.1. The van der Waals surface area contributed by atoms with Crippen LogP contribution in [0.5, 0.6) is 0 Å². The first-order chi connectivity index (χ1) is 14.9. The Kier molecular flexibility index (Phi) is 7.81. The molecule has 2 aromatic carbocycles. The third-order valence-corrected chi connectivity index (χ3v) is 5.83. The Labute approximate surface area is 184 Å². The minimum atomic E-state index is -0.498. The van der Waals surface area contributed by atoms with E-state index in [9.17, 15) is 14.0 Å². The Morgan fingerprint density at radius 1 is 1.29 bits per heavy atom. The highest BCUT2D eigenvalue weighted by Gasteiger charge is 2.20. The Morgan fingerprint density at radius 2 is 2.06 bits per heavy atom. The van der Waals surface area contributed by atoms with Crippen LogP contribution in [0.25, 0.3) is 16.6 Å². The number of thioether (sulfide) groups is 1. The van der Waals surface area contributed by atoms with Gasteiger partial charge in [-0.25, -0.2) is 9.37 Å². The summed E-state index contributed by atoms with van der Waals surface area (Å²) in [4.78, 5) is 30.4. The van der Waals surface area contributed by atoms with Crippen molar-refractivity contribution in [2.24, 2.45) is 0 Å². The lowest BCUT2D eigenvalue weighted by atomic mass is 10.2. The molecule has 1 heterocycles. The number of ether oxygens (including phenoxy) is 1. The molecule has 3 rings (SSSR count). The van der Waals surface area contributed by atoms with Crippen LogP contribution in [-0.4, -0.2) is 40.5 Å². The maximum Gasteiger partial charge on any atom is 0.266 e. The van der Waals surface area contributed by atoms with Crippen LogP contribution < -0.4 is 10.9 Å². The van der Waals surface area contributed by atoms with Gasteiger partial charge in [-0.15, -0.1) is 0 Å². The lowest BCUT2D eigenvalue weighted by molar-refractivity contribution is -0.120. The second kappa shape index (κ2) is 10.5. The van der Waals surface area contributed by atoms with Gasteiger partial charge in [0.25, 0.3) is 5.56 Å². The van der Waals surface area contributed by atoms with E-state index in [1.165, 1.54) is 22.4 Å². The van der Waals surface area contributed by atoms with E-state index in [0.717, 1.165) is 6.42 Å². The van der Waals surface area contributed by atoms with Gasteiger partial charge in [0.2, 0.25) is 5.91 Å². The van der Waals surface area contributed by atoms with E-state index in [2.05, 4.69) is 10.3 Å². The molecule has 0 aliphatic heterocycles. The number of carbonyl (C=O) groups excluding carboxylic acids is 1. The van der Waals surface area contributed by atoms with E-state index in [0.29, 0.717) is 47.1 Å². The van der Waals surface area contributed by atoms with Crippen LogP contribution in [0.15, 0.2) is 52.4 Å². The van der Waals surface area contributed by atoms with Gasteiger partial charge in [-0.1, -0.05) is 30.0 Å². The van der Waals surface area contributed by atoms with Crippen molar-refractivity contribution < 1.29 is 13.9 Å². The molecule has 31 heavy (non-hydrogen) atoms. The fraction of sp³-hybridized carbons (Fsp3) is 0.348. The van der Waals surface area contributed by atoms with Gasteiger partial charge in [0.05, 0.1) is 21.8 Å². The molecule has 3 aromatic rings. The lowest BCUT2D eigenvalue weighted by Crippen LogP contribution is -2.33. The molecular weight excluding hydrogens is 417 g/mol. The maximum absolute atomic E-state index is 14.2. The first-order valence-corrected chi connectivity index (χ1v) is 11.1. The van der Waals surface area contributed by atoms with Gasteiger partial charge in [-0.3, -0.25) is 14.2 Å². The third kappa shape index (κ3) is 5.51. The topological polar surface area (TPSA) is 73.2 Å². The van der Waals surface area contributed by atoms with E-state index in [-0.39, 0.29) is 11.5 Å². The Balaban J connectivity index is 1.92. The van der Waals surface area contributed by atoms with E-state index >= 15 is 0 Å². The number of fused-ring (bicyclic) bond motifs is 1. The number of rotatable bonds is 9. The highest BCUT2D eigenvalue weighted by atomic mass is 32.2. The molecule has 0 bridgehead atoms. The van der Waals surface area contributed by atoms with Crippen molar-refractivity contribution in [1.82, 2.24) is 14.9 Å². The van der Waals surface area contributed by atoms with Gasteiger partial charge in [0, 0.05) is 19.8 Å². The maximum atomic E-state index is 14.2. The molecule has 0 aliphatic rings. The molecule has 164 valence electrons. The number of nitrogens with zero attached hydrogens (tertiary/aromatic N) is 2. The highest BCUT2D eigenvalue weighted by molar-refractivity contribution is 8.00. The molecule has 1 unspecified atom stereocenters. The van der Waals surface area contributed by atoms with Gasteiger partial charge in [-0.2, -0.15) is 0 Å². The zero-order chi connectivity index (χ0) is 22.4. The molecule has 1 aromatic heterocycles. The summed E-state index contributed by atoms with van der Waals surface area (Å²) in [5.41, 5.74) is 1.08. The number of hydrogen-bond donors (Lipinski definition) is 1. The predicted molar refractivity (Wildman–Crippen MR) is 121 cm³/mol. The molecule has 0 spiro atoms. The number of para-hydroxylation sites is 1. The summed E-state index contributed by atoms with van der Waals surface area (Å²) in [6, 6.07) is 11.6. The second-order valence-corrected chi connectivity index (χ2v) is 8.40. The van der Waals surface area contributed by atoms with E-state index in [1.54, 1.807) is 50.2 Å². The fourth-order valence-electron chi connectivity index (χ4n) is 3.03. The summed E-state index contributed by atoms with van der Waals surface area (Å²) >= 11 is 1.17. The Bertz CT molecular complexity index is 1130. The predicted octanol–water partition coefficient (Wildman–Crippen LogP) is 3.86. The van der Waals surface area contributed by atoms with Crippen LogP contribution in [0.2, 0.25) is 0 Å². The Hall–Kier alpha value is -2.71. The zero-order valence-electron chi connectivity index (χ0n) is 17.9. The zero-order valence-corrected chi connectivity index (χ0v) is 18.7. The highest BCUT2D eigenvalue weighted by Crippen LogP contribution is 2.26. The average molecular weight is 444 g/mol. The number of hydrogen-bond acceptors (Lipinski definition) is 5. The molecule has 1 atom stereocenters. The van der Waals surface area contributed by atoms with Gasteiger partial charge >= 0.3 is 0 Å². The van der Waals surface area contributed by atoms with Gasteiger partial charge in [0.1, 0.15) is 5.82 Å². The van der Waals surface area contributed by atoms with Crippen molar-refractivity contribution in [3.05, 3.63) is 64.2 Å². The number of aromatic nitrogens is 2. The minimum Gasteiger partial charge on any atom is -0.382 e. The molecular formula is C23H26FN3O3S. The molecule has 0 radical (unpaired) electrons. The summed E-state index contributed by atoms with van der Waals surface area (Å²) in [5, 5.41) is 3.14. The van der Waals surface area contributed by atoms with Crippen LogP contribution in [0.3, 0.4) is 0 Å². The minimum absolute atomic E-state index is 0.162. The number of aryl methyl sites for hydroxylation is 1. The Morgan fingerprint density at radius 3 is 2.81 bits per heavy atom. The number of halogens is 1. The van der Waals surface area contributed by atoms with Crippen molar-refractivity contribution >= 4 is 28.6 Å². The molecule has 1 N–H and O–H groups in total. The van der Waals surface area contributed by atoms with Crippen LogP contribution >= 0.6 is 11.8 Å². The molecule has 6 nitrogen and oxygen atoms in total. The SMILES string of the molecule is CCOCCCNC(=O)C(C)Sc1nc2ccccc2c(=O)n1-c1ccc(C)c(F)c1. The number of benzene rings is 2. The number of carbonyl (C=O) groups is 1. The van der Waals surface area contributed by atoms with Crippen molar-refractivity contribution in [1.29, 1.82) is 0 Å². The summed E-state index contributed by atoms with van der Waals surface area (Å²) in [7, 11) is 0. The summed E-state index contributed by atoms with van der Waals surface area (Å²) in [5.74, 6) is -0.570. The monoisotopic (exact) mass is 443 g/mol. The number of amides is 1. The molecule has 8 heteroatoms. The molecule has 0 aliphatic carbocycles. The fourth-order valence-corrected chi connectivity index (χ4v) is 3.98. The second-order valence-electron chi connectivity index (χ2n) is 7.09. The lowest BCUT2D eigenvalue weighted by Gasteiger charge is -2.17. The van der Waals surface area contributed by atoms with Crippen LogP contribution in [0.4, 0.5) is 4.39 Å². The smallest absolute Gasteiger partial charge is 0.266 e. The van der Waals surface area contributed by atoms with E-state index < -0.39 is 11.1 Å². The van der Waals surface area contributed by atoms with Gasteiger partial charge in [0.15, 0.2) is 5.16 Å². The van der Waals surface area contributed by atoms with E-state index in [1.807, 2.05) is 6.92 Å². The molecule has 0 saturated heterocycles. The first-order valence-electron chi connectivity index (χ1n) is 10.2. The number of nitrogens with one attached hydrogen (secondary N) is 1. The van der Waals surface area contributed by atoms with Crippen molar-refractivity contribution in [3.63, 3.8) is 0 Å². The first kappa shape index (κ1) is 23.0. The molecule has 1 amide bonds. The van der Waals surface area contributed by atoms with Crippen molar-refractivity contribution in [3.8, 4) is 5.69 Å². The van der Waals surface area contributed by atoms with Crippen LogP contribution in [0.1, 0.15) is 25.8 Å². The van der Waals surface area contributed by atoms with E-state index in [4.69, 9.17) is 4.74 Å². The third-order valence-electron chi connectivity index (χ3n) is 4.78. The van der Waals surface area contributed by atoms with Crippen LogP contribution in [-0.2, 0) is 9.53 Å². The average Bonchev–Trinajstić information content (AvgIpc) is 2.76. The van der Waals surface area contributed by atoms with Gasteiger partial charge < -0.3 is 10.1 Å². The van der Waals surface area contributed by atoms with Crippen molar-refractivity contribution in [2.75, 3.05) is 19.8 Å². The molecule has 0 saturated carbocycles. The largest absolute Gasteiger partial charge is 0.382 e. The molecule has 0 fully saturated rings. The van der Waals surface area contributed by atoms with Crippen LogP contribution in [0, 0.1) is 12.7 Å². The summed E-state index contributed by atoms with van der Waals surface area (Å²) in [6.07, 6.45) is 0.721. The van der Waals surface area contributed by atoms with Gasteiger partial charge in [-0.05, 0) is 57.0 Å². The standard InChI is InChI=1S/C23H26FN3O3S/c1-4-30-13-7-12-25-21(28)16(3)31-23-26-20-9-6-5-8-18(20)22(29)27(23)17-11-10-15(2)19(24)14-17/h5-6,8-11,14,16H,4,7,12-13H2,1-3H3,(H,25,28). The quantitative estimate of drug-likeness (QED) is 0.309. The van der Waals surface area contributed by atoms with Crippen molar-refractivity contribution in [2.45, 2.75) is 37.6 Å². The summed E-state index contributed by atoms with van der Waals surface area (Å²) in [6.45, 7) is 7.07.